The van der Waals surface area contributed by atoms with Gasteiger partial charge in [0.05, 0.1) is 24.4 Å². The number of hydrogen-bond donors (Lipinski definition) is 3. The van der Waals surface area contributed by atoms with E-state index in [2.05, 4.69) is 0 Å². The molecule has 6 atom stereocenters. The van der Waals surface area contributed by atoms with Gasteiger partial charge < -0.3 is 20.1 Å². The summed E-state index contributed by atoms with van der Waals surface area (Å²) in [5.41, 5.74) is 0. The number of carbonyl (C=O) groups is 1. The van der Waals surface area contributed by atoms with Crippen molar-refractivity contribution in [3.05, 3.63) is 24.3 Å². The van der Waals surface area contributed by atoms with E-state index in [1.807, 2.05) is 19.1 Å². The highest BCUT2D eigenvalue weighted by molar-refractivity contribution is 5.82. The Morgan fingerprint density at radius 2 is 2.00 bits per heavy atom. The van der Waals surface area contributed by atoms with Crippen molar-refractivity contribution in [1.82, 2.24) is 0 Å². The normalized spacial score (nSPS) is 44.7. The van der Waals surface area contributed by atoms with Crippen molar-refractivity contribution in [2.24, 2.45) is 11.8 Å². The van der Waals surface area contributed by atoms with Gasteiger partial charge in [-0.15, -0.1) is 0 Å². The zero-order valence-corrected chi connectivity index (χ0v) is 12.3. The molecular formula is C16H24O5. The molecule has 3 N–H and O–H groups in total. The number of esters is 1. The topological polar surface area (TPSA) is 87.0 Å². The fourth-order valence-corrected chi connectivity index (χ4v) is 3.14. The molecule has 0 saturated heterocycles. The molecule has 0 aromatic heterocycles. The molecular weight excluding hydrogens is 272 g/mol. The van der Waals surface area contributed by atoms with Crippen LogP contribution in [0.5, 0.6) is 0 Å². The largest absolute Gasteiger partial charge is 0.460 e. The van der Waals surface area contributed by atoms with Crippen LogP contribution in [0.25, 0.3) is 0 Å². The van der Waals surface area contributed by atoms with Crippen molar-refractivity contribution >= 4 is 5.97 Å². The lowest BCUT2D eigenvalue weighted by molar-refractivity contribution is -0.142. The maximum atomic E-state index is 11.6. The van der Waals surface area contributed by atoms with Gasteiger partial charge in [-0.25, -0.2) is 4.79 Å². The summed E-state index contributed by atoms with van der Waals surface area (Å²) in [5, 5.41) is 30.0. The quantitative estimate of drug-likeness (QED) is 0.457. The molecule has 5 nitrogen and oxygen atoms in total. The zero-order valence-electron chi connectivity index (χ0n) is 12.3. The van der Waals surface area contributed by atoms with Gasteiger partial charge in [-0.2, -0.15) is 0 Å². The molecule has 1 aliphatic heterocycles. The lowest BCUT2D eigenvalue weighted by Crippen LogP contribution is -2.34. The van der Waals surface area contributed by atoms with Crippen LogP contribution in [0, 0.1) is 11.8 Å². The first kappa shape index (κ1) is 16.2. The molecule has 2 aliphatic rings. The second-order valence-electron chi connectivity index (χ2n) is 5.99. The Kier molecular flexibility index (Phi) is 5.56. The monoisotopic (exact) mass is 296 g/mol. The molecule has 118 valence electrons. The number of hydrogen-bond acceptors (Lipinski definition) is 5. The molecule has 5 heteroatoms. The van der Waals surface area contributed by atoms with Crippen LogP contribution >= 0.6 is 0 Å². The summed E-state index contributed by atoms with van der Waals surface area (Å²) in [5.74, 6) is -1.08. The third-order valence-corrected chi connectivity index (χ3v) is 4.30. The van der Waals surface area contributed by atoms with Crippen LogP contribution < -0.4 is 0 Å². The number of allylic oxidation sites excluding steroid dienone is 2. The van der Waals surface area contributed by atoms with Crippen molar-refractivity contribution in [3.8, 4) is 0 Å². The molecule has 0 bridgehead atoms. The van der Waals surface area contributed by atoms with Crippen molar-refractivity contribution in [2.75, 3.05) is 0 Å². The first-order valence-corrected chi connectivity index (χ1v) is 7.58. The first-order chi connectivity index (χ1) is 9.99. The van der Waals surface area contributed by atoms with E-state index >= 15 is 0 Å². The summed E-state index contributed by atoms with van der Waals surface area (Å²) in [6.45, 7) is 1.85. The molecule has 1 saturated carbocycles. The average Bonchev–Trinajstić information content (AvgIpc) is 2.70. The smallest absolute Gasteiger partial charge is 0.330 e. The van der Waals surface area contributed by atoms with Gasteiger partial charge in [-0.3, -0.25) is 0 Å². The van der Waals surface area contributed by atoms with Crippen molar-refractivity contribution < 1.29 is 24.9 Å². The number of aliphatic hydroxyl groups is 3. The zero-order chi connectivity index (χ0) is 15.4. The number of cyclic esters (lactones) is 1. The van der Waals surface area contributed by atoms with Crippen molar-refractivity contribution in [2.45, 2.75) is 57.0 Å². The van der Waals surface area contributed by atoms with Gasteiger partial charge in [0.25, 0.3) is 0 Å². The Morgan fingerprint density at radius 3 is 2.76 bits per heavy atom. The first-order valence-electron chi connectivity index (χ1n) is 7.58. The number of ether oxygens (including phenoxy) is 1. The third kappa shape index (κ3) is 4.15. The molecule has 1 heterocycles. The molecule has 0 aromatic carbocycles. The van der Waals surface area contributed by atoms with E-state index in [-0.39, 0.29) is 12.0 Å². The predicted molar refractivity (Wildman–Crippen MR) is 77.3 cm³/mol. The second kappa shape index (κ2) is 7.20. The lowest BCUT2D eigenvalue weighted by Gasteiger charge is -2.23. The fraction of sp³-hybridized carbons (Fsp3) is 0.688. The van der Waals surface area contributed by atoms with E-state index in [4.69, 9.17) is 4.74 Å². The minimum Gasteiger partial charge on any atom is -0.460 e. The summed E-state index contributed by atoms with van der Waals surface area (Å²) in [6, 6.07) is 0. The maximum absolute atomic E-state index is 11.6. The van der Waals surface area contributed by atoms with Gasteiger partial charge in [-0.05, 0) is 44.6 Å². The highest BCUT2D eigenvalue weighted by atomic mass is 16.5. The second-order valence-corrected chi connectivity index (χ2v) is 5.99. The molecule has 0 aromatic rings. The fourth-order valence-electron chi connectivity index (χ4n) is 3.14. The number of rotatable bonds is 0. The SMILES string of the molecule is C[C@H]1CCC/C=C/[C@@H]2C[C@H](O)[C@H](O)[C@H]2[C@H](O)/C=C/C(=O)O1. The van der Waals surface area contributed by atoms with Gasteiger partial charge in [0.1, 0.15) is 0 Å². The van der Waals surface area contributed by atoms with E-state index in [0.29, 0.717) is 6.42 Å². The summed E-state index contributed by atoms with van der Waals surface area (Å²) in [6.07, 6.45) is 6.53. The van der Waals surface area contributed by atoms with Gasteiger partial charge in [-0.1, -0.05) is 12.2 Å². The highest BCUT2D eigenvalue weighted by Gasteiger charge is 2.43. The van der Waals surface area contributed by atoms with E-state index < -0.39 is 30.2 Å². The number of aliphatic hydroxyl groups excluding tert-OH is 3. The molecule has 2 rings (SSSR count). The number of fused-ring (bicyclic) bond motifs is 1. The van der Waals surface area contributed by atoms with Crippen LogP contribution in [0.1, 0.15) is 32.6 Å². The maximum Gasteiger partial charge on any atom is 0.330 e. The van der Waals surface area contributed by atoms with Crippen molar-refractivity contribution in [1.29, 1.82) is 0 Å². The van der Waals surface area contributed by atoms with Gasteiger partial charge in [0.15, 0.2) is 0 Å². The van der Waals surface area contributed by atoms with Gasteiger partial charge >= 0.3 is 5.97 Å². The van der Waals surface area contributed by atoms with Crippen LogP contribution in [0.2, 0.25) is 0 Å². The van der Waals surface area contributed by atoms with Crippen LogP contribution in [0.3, 0.4) is 0 Å². The molecule has 0 radical (unpaired) electrons. The van der Waals surface area contributed by atoms with Crippen LogP contribution in [-0.4, -0.2) is 45.7 Å². The summed E-state index contributed by atoms with van der Waals surface area (Å²) in [4.78, 5) is 11.6. The Morgan fingerprint density at radius 1 is 1.24 bits per heavy atom. The molecule has 0 amide bonds. The minimum atomic E-state index is -0.990. The summed E-state index contributed by atoms with van der Waals surface area (Å²) in [7, 11) is 0. The van der Waals surface area contributed by atoms with Gasteiger partial charge in [0, 0.05) is 12.0 Å². The highest BCUT2D eigenvalue weighted by Crippen LogP contribution is 2.36. The van der Waals surface area contributed by atoms with Crippen LogP contribution in [-0.2, 0) is 9.53 Å². The minimum absolute atomic E-state index is 0.0937. The van der Waals surface area contributed by atoms with Crippen molar-refractivity contribution in [3.63, 3.8) is 0 Å². The van der Waals surface area contributed by atoms with Crippen LogP contribution in [0.4, 0.5) is 0 Å². The molecule has 1 aliphatic carbocycles. The molecule has 21 heavy (non-hydrogen) atoms. The Bertz CT molecular complexity index is 417. The molecule has 0 spiro atoms. The van der Waals surface area contributed by atoms with Gasteiger partial charge in [0.2, 0.25) is 0 Å². The van der Waals surface area contributed by atoms with E-state index in [0.717, 1.165) is 19.3 Å². The molecule has 0 unspecified atom stereocenters. The Labute approximate surface area is 124 Å². The summed E-state index contributed by atoms with van der Waals surface area (Å²) >= 11 is 0. The molecule has 1 fully saturated rings. The average molecular weight is 296 g/mol. The van der Waals surface area contributed by atoms with Crippen LogP contribution in [0.15, 0.2) is 24.3 Å². The number of carbonyl (C=O) groups excluding carboxylic acids is 1. The third-order valence-electron chi connectivity index (χ3n) is 4.30. The standard InChI is InChI=1S/C16H24O5/c1-10-5-3-2-4-6-11-9-13(18)16(20)15(11)12(17)7-8-14(19)21-10/h4,6-8,10-13,15-18,20H,2-3,5,9H2,1H3/b6-4+,8-7+/t10-,11+,12+,13-,15+,16-/m0/s1. The van der Waals surface area contributed by atoms with E-state index in [9.17, 15) is 20.1 Å². The van der Waals surface area contributed by atoms with E-state index in [1.165, 1.54) is 12.2 Å². The Hall–Kier alpha value is -1.17. The predicted octanol–water partition coefficient (Wildman–Crippen LogP) is 0.933. The lowest BCUT2D eigenvalue weighted by atomic mass is 9.88. The summed E-state index contributed by atoms with van der Waals surface area (Å²) < 4.78 is 5.20. The van der Waals surface area contributed by atoms with E-state index in [1.54, 1.807) is 0 Å². The Balaban J connectivity index is 2.17.